The molecule has 2 aromatic heterocycles. The third kappa shape index (κ3) is 6.04. The molecule has 4 heteroatoms. The molecule has 0 aliphatic heterocycles. The summed E-state index contributed by atoms with van der Waals surface area (Å²) in [6.07, 6.45) is 0. The van der Waals surface area contributed by atoms with Crippen LogP contribution in [0.5, 0.6) is 0 Å². The number of benzene rings is 9. The predicted molar refractivity (Wildman–Crippen MR) is 240 cm³/mol. The molecule has 0 amide bonds. The Morgan fingerprint density at radius 2 is 0.719 bits per heavy atom. The zero-order valence-corrected chi connectivity index (χ0v) is 31.6. The van der Waals surface area contributed by atoms with Gasteiger partial charge in [-0.15, -0.1) is 11.3 Å². The van der Waals surface area contributed by atoms with Gasteiger partial charge in [-0.05, 0) is 79.2 Å². The van der Waals surface area contributed by atoms with Crippen LogP contribution in [0.2, 0.25) is 0 Å². The molecule has 0 radical (unpaired) electrons. The lowest BCUT2D eigenvalue weighted by Crippen LogP contribution is -2.00. The normalized spacial score (nSPS) is 11.5. The number of hydrogen-bond acceptors (Lipinski definition) is 4. The van der Waals surface area contributed by atoms with Crippen molar-refractivity contribution in [3.05, 3.63) is 200 Å². The molecule has 0 N–H and O–H groups in total. The fourth-order valence-corrected chi connectivity index (χ4v) is 9.21. The minimum atomic E-state index is 0.656. The van der Waals surface area contributed by atoms with E-state index in [2.05, 4.69) is 140 Å². The van der Waals surface area contributed by atoms with Crippen molar-refractivity contribution < 1.29 is 0 Å². The maximum atomic E-state index is 5.05. The summed E-state index contributed by atoms with van der Waals surface area (Å²) in [5.74, 6) is 1.97. The van der Waals surface area contributed by atoms with E-state index in [4.69, 9.17) is 15.0 Å². The van der Waals surface area contributed by atoms with Crippen molar-refractivity contribution >= 4 is 53.1 Å². The molecule has 0 saturated heterocycles. The molecule has 3 nitrogen and oxygen atoms in total. The van der Waals surface area contributed by atoms with E-state index in [9.17, 15) is 0 Å². The highest BCUT2D eigenvalue weighted by molar-refractivity contribution is 7.25. The first-order valence-electron chi connectivity index (χ1n) is 19.2. The Labute approximate surface area is 334 Å². The average Bonchev–Trinajstić information content (AvgIpc) is 3.66. The van der Waals surface area contributed by atoms with Gasteiger partial charge in [0.15, 0.2) is 17.5 Å². The van der Waals surface area contributed by atoms with Crippen molar-refractivity contribution in [3.63, 3.8) is 0 Å². The lowest BCUT2D eigenvalue weighted by Gasteiger charge is -2.13. The minimum Gasteiger partial charge on any atom is -0.208 e. The average molecular weight is 744 g/mol. The first-order valence-corrected chi connectivity index (χ1v) is 20.0. The molecular formula is C53H33N3S. The number of nitrogens with zero attached hydrogens (tertiary/aromatic N) is 3. The van der Waals surface area contributed by atoms with Crippen molar-refractivity contribution in [1.82, 2.24) is 15.0 Å². The molecule has 0 aliphatic carbocycles. The van der Waals surface area contributed by atoms with E-state index < -0.39 is 0 Å². The standard InChI is InChI=1S/C53H33N3S/c1-3-12-37(13-4-1)51-54-52(38-14-5-2-6-15-38)56-53(55-51)48-30-29-43(44-17-9-10-18-45(44)48)42-26-28-47-46-27-25-41(32-49(46)57-50(47)33-42)36-21-19-35(20-22-36)40-24-23-34-11-7-8-16-39(34)31-40/h1-33H. The quantitative estimate of drug-likeness (QED) is 0.170. The maximum Gasteiger partial charge on any atom is 0.164 e. The van der Waals surface area contributed by atoms with E-state index in [-0.39, 0.29) is 0 Å². The van der Waals surface area contributed by atoms with Crippen molar-refractivity contribution in [2.24, 2.45) is 0 Å². The van der Waals surface area contributed by atoms with Crippen LogP contribution in [0.4, 0.5) is 0 Å². The molecule has 0 aliphatic rings. The Kier molecular flexibility index (Phi) is 8.01. The lowest BCUT2D eigenvalue weighted by atomic mass is 9.94. The monoisotopic (exact) mass is 743 g/mol. The summed E-state index contributed by atoms with van der Waals surface area (Å²) >= 11 is 1.86. The number of aromatic nitrogens is 3. The van der Waals surface area contributed by atoms with Crippen LogP contribution in [-0.2, 0) is 0 Å². The van der Waals surface area contributed by atoms with Gasteiger partial charge in [-0.1, -0.05) is 176 Å². The fourth-order valence-electron chi connectivity index (χ4n) is 8.02. The van der Waals surface area contributed by atoms with Crippen molar-refractivity contribution in [2.75, 3.05) is 0 Å². The number of fused-ring (bicyclic) bond motifs is 5. The van der Waals surface area contributed by atoms with Crippen LogP contribution in [0.3, 0.4) is 0 Å². The Bertz CT molecular complexity index is 3220. The maximum absolute atomic E-state index is 5.05. The number of thiophene rings is 1. The van der Waals surface area contributed by atoms with E-state index in [1.807, 2.05) is 72.0 Å². The van der Waals surface area contributed by atoms with Gasteiger partial charge in [-0.25, -0.2) is 15.0 Å². The molecule has 0 bridgehead atoms. The first-order chi connectivity index (χ1) is 28.2. The third-order valence-corrected chi connectivity index (χ3v) is 12.1. The summed E-state index contributed by atoms with van der Waals surface area (Å²) < 4.78 is 2.56. The molecule has 0 fully saturated rings. The second-order valence-electron chi connectivity index (χ2n) is 14.4. The van der Waals surface area contributed by atoms with Crippen LogP contribution in [0.15, 0.2) is 200 Å². The van der Waals surface area contributed by atoms with Gasteiger partial charge < -0.3 is 0 Å². The molecule has 0 unspecified atom stereocenters. The van der Waals surface area contributed by atoms with Crippen LogP contribution in [0.1, 0.15) is 0 Å². The van der Waals surface area contributed by atoms with Crippen molar-refractivity contribution in [3.8, 4) is 67.5 Å². The summed E-state index contributed by atoms with van der Waals surface area (Å²) in [5.41, 5.74) is 10.2. The van der Waals surface area contributed by atoms with E-state index in [0.717, 1.165) is 27.5 Å². The van der Waals surface area contributed by atoms with E-state index in [1.165, 1.54) is 64.3 Å². The van der Waals surface area contributed by atoms with Crippen LogP contribution >= 0.6 is 11.3 Å². The molecule has 0 spiro atoms. The zero-order chi connectivity index (χ0) is 37.7. The third-order valence-electron chi connectivity index (χ3n) is 10.9. The molecule has 2 heterocycles. The van der Waals surface area contributed by atoms with Crippen LogP contribution in [-0.4, -0.2) is 15.0 Å². The lowest BCUT2D eigenvalue weighted by molar-refractivity contribution is 1.08. The zero-order valence-electron chi connectivity index (χ0n) is 30.8. The minimum absolute atomic E-state index is 0.656. The highest BCUT2D eigenvalue weighted by Crippen LogP contribution is 2.41. The summed E-state index contributed by atoms with van der Waals surface area (Å²) in [5, 5.41) is 7.36. The Morgan fingerprint density at radius 1 is 0.263 bits per heavy atom. The molecule has 57 heavy (non-hydrogen) atoms. The van der Waals surface area contributed by atoms with E-state index in [0.29, 0.717) is 17.5 Å². The first kappa shape index (κ1) is 33.1. The van der Waals surface area contributed by atoms with Gasteiger partial charge in [0.05, 0.1) is 0 Å². The predicted octanol–water partition coefficient (Wildman–Crippen LogP) is 14.5. The Hall–Kier alpha value is -7.27. The van der Waals surface area contributed by atoms with Gasteiger partial charge in [0.2, 0.25) is 0 Å². The van der Waals surface area contributed by atoms with Crippen LogP contribution in [0, 0.1) is 0 Å². The highest BCUT2D eigenvalue weighted by atomic mass is 32.1. The van der Waals surface area contributed by atoms with Gasteiger partial charge in [0.25, 0.3) is 0 Å². The number of hydrogen-bond donors (Lipinski definition) is 0. The van der Waals surface area contributed by atoms with Crippen molar-refractivity contribution in [2.45, 2.75) is 0 Å². The van der Waals surface area contributed by atoms with Crippen LogP contribution < -0.4 is 0 Å². The summed E-state index contributed by atoms with van der Waals surface area (Å²) in [4.78, 5) is 15.0. The topological polar surface area (TPSA) is 38.7 Å². The smallest absolute Gasteiger partial charge is 0.164 e. The Morgan fingerprint density at radius 3 is 1.37 bits per heavy atom. The Balaban J connectivity index is 0.953. The number of rotatable bonds is 6. The molecule has 0 atom stereocenters. The second kappa shape index (κ2) is 13.8. The molecular weight excluding hydrogens is 711 g/mol. The molecule has 11 aromatic rings. The van der Waals surface area contributed by atoms with E-state index in [1.54, 1.807) is 0 Å². The van der Waals surface area contributed by atoms with E-state index >= 15 is 0 Å². The second-order valence-corrected chi connectivity index (χ2v) is 15.5. The summed E-state index contributed by atoms with van der Waals surface area (Å²) in [6, 6.07) is 71.2. The molecule has 11 rings (SSSR count). The summed E-state index contributed by atoms with van der Waals surface area (Å²) in [7, 11) is 0. The highest BCUT2D eigenvalue weighted by Gasteiger charge is 2.17. The van der Waals surface area contributed by atoms with Gasteiger partial charge in [-0.2, -0.15) is 0 Å². The largest absolute Gasteiger partial charge is 0.208 e. The van der Waals surface area contributed by atoms with Crippen LogP contribution in [0.25, 0.3) is 109 Å². The van der Waals surface area contributed by atoms with Gasteiger partial charge in [0.1, 0.15) is 0 Å². The molecule has 266 valence electrons. The van der Waals surface area contributed by atoms with Gasteiger partial charge >= 0.3 is 0 Å². The fraction of sp³-hybridized carbons (Fsp3) is 0. The SMILES string of the molecule is c1ccc(-c2nc(-c3ccccc3)nc(-c3ccc(-c4ccc5c(c4)sc4cc(-c6ccc(-c7ccc8ccccc8c7)cc6)ccc45)c4ccccc34)n2)cc1. The molecule has 9 aromatic carbocycles. The molecule has 0 saturated carbocycles. The van der Waals surface area contributed by atoms with Gasteiger partial charge in [-0.3, -0.25) is 0 Å². The van der Waals surface area contributed by atoms with Gasteiger partial charge in [0, 0.05) is 36.9 Å². The van der Waals surface area contributed by atoms with Crippen molar-refractivity contribution in [1.29, 1.82) is 0 Å². The summed E-state index contributed by atoms with van der Waals surface area (Å²) in [6.45, 7) is 0.